The van der Waals surface area contributed by atoms with Crippen molar-refractivity contribution in [3.05, 3.63) is 78.3 Å². The van der Waals surface area contributed by atoms with Crippen molar-refractivity contribution in [3.63, 3.8) is 0 Å². The molecule has 0 aliphatic carbocycles. The lowest BCUT2D eigenvalue weighted by Gasteiger charge is -2.18. The van der Waals surface area contributed by atoms with Gasteiger partial charge in [0.25, 0.3) is 0 Å². The third-order valence-corrected chi connectivity index (χ3v) is 7.50. The molecule has 0 saturated carbocycles. The number of hydrogen-bond donors (Lipinski definition) is 1. The maximum absolute atomic E-state index is 12.5. The molecule has 2 aromatic heterocycles. The molecule has 4 rings (SSSR count). The summed E-state index contributed by atoms with van der Waals surface area (Å²) >= 11 is 9.56. The summed E-state index contributed by atoms with van der Waals surface area (Å²) in [4.78, 5) is 26.5. The van der Waals surface area contributed by atoms with Gasteiger partial charge in [0, 0.05) is 43.9 Å². The van der Waals surface area contributed by atoms with E-state index >= 15 is 0 Å². The molecule has 0 radical (unpaired) electrons. The van der Waals surface area contributed by atoms with Crippen molar-refractivity contribution in [3.8, 4) is 5.69 Å². The molecule has 27 heavy (non-hydrogen) atoms. The van der Waals surface area contributed by atoms with E-state index in [1.807, 2.05) is 29.0 Å². The zero-order valence-electron chi connectivity index (χ0n) is 14.7. The summed E-state index contributed by atoms with van der Waals surface area (Å²) < 4.78 is 1.90. The van der Waals surface area contributed by atoms with Crippen LogP contribution in [0.4, 0.5) is 0 Å². The van der Waals surface area contributed by atoms with Crippen LogP contribution in [0.15, 0.2) is 45.4 Å². The molecule has 1 aliphatic heterocycles. The topological polar surface area (TPSA) is 59.3 Å². The highest BCUT2D eigenvalue weighted by molar-refractivity contribution is 7.99. The Morgan fingerprint density at radius 3 is 2.70 bits per heavy atom. The van der Waals surface area contributed by atoms with E-state index in [2.05, 4.69) is 13.0 Å². The highest BCUT2D eigenvalue weighted by Gasteiger charge is 2.30. The molecule has 0 fully saturated rings. The van der Waals surface area contributed by atoms with Gasteiger partial charge < -0.3 is 9.67 Å². The number of fused-ring (bicyclic) bond motifs is 3. The van der Waals surface area contributed by atoms with Crippen LogP contribution < -0.4 is 5.43 Å². The van der Waals surface area contributed by atoms with Gasteiger partial charge in [-0.3, -0.25) is 4.79 Å². The minimum atomic E-state index is -1.19. The average Bonchev–Trinajstić information content (AvgIpc) is 2.93. The van der Waals surface area contributed by atoms with Gasteiger partial charge in [-0.15, -0.1) is 23.1 Å². The van der Waals surface area contributed by atoms with E-state index in [0.717, 1.165) is 10.6 Å². The van der Waals surface area contributed by atoms with Crippen molar-refractivity contribution in [1.29, 1.82) is 0 Å². The van der Waals surface area contributed by atoms with Gasteiger partial charge in [0.2, 0.25) is 0 Å². The fourth-order valence-corrected chi connectivity index (χ4v) is 6.32. The number of aromatic nitrogens is 1. The van der Waals surface area contributed by atoms with Crippen molar-refractivity contribution in [1.82, 2.24) is 4.57 Å². The van der Waals surface area contributed by atoms with Crippen LogP contribution in [0.1, 0.15) is 37.4 Å². The van der Waals surface area contributed by atoms with E-state index < -0.39 is 11.4 Å². The van der Waals surface area contributed by atoms with Gasteiger partial charge in [-0.25, -0.2) is 4.79 Å². The second-order valence-electron chi connectivity index (χ2n) is 6.50. The van der Waals surface area contributed by atoms with E-state index in [4.69, 9.17) is 11.6 Å². The molecule has 3 aromatic rings. The number of thioether (sulfide) groups is 1. The number of hydrogen-bond acceptors (Lipinski definition) is 4. The first-order valence-electron chi connectivity index (χ1n) is 8.36. The van der Waals surface area contributed by atoms with E-state index in [-0.39, 0.29) is 10.8 Å². The Hall–Kier alpha value is -2.02. The van der Waals surface area contributed by atoms with E-state index in [0.29, 0.717) is 22.8 Å². The monoisotopic (exact) mass is 417 g/mol. The fraction of sp³-hybridized carbons (Fsp3) is 0.200. The maximum Gasteiger partial charge on any atom is 0.341 e. The van der Waals surface area contributed by atoms with Gasteiger partial charge in [-0.2, -0.15) is 0 Å². The molecule has 1 aliphatic rings. The van der Waals surface area contributed by atoms with Crippen LogP contribution >= 0.6 is 34.7 Å². The molecule has 1 atom stereocenters. The predicted molar refractivity (Wildman–Crippen MR) is 110 cm³/mol. The average molecular weight is 418 g/mol. The molecular weight excluding hydrogens is 402 g/mol. The zero-order chi connectivity index (χ0) is 19.3. The van der Waals surface area contributed by atoms with Gasteiger partial charge >= 0.3 is 5.97 Å². The van der Waals surface area contributed by atoms with Gasteiger partial charge in [0.05, 0.1) is 5.69 Å². The number of halogens is 1. The van der Waals surface area contributed by atoms with E-state index in [1.54, 1.807) is 29.2 Å². The highest BCUT2D eigenvalue weighted by Crippen LogP contribution is 2.47. The molecule has 138 valence electrons. The summed E-state index contributed by atoms with van der Waals surface area (Å²) in [5.74, 6) is -1.19. The Labute approximate surface area is 169 Å². The second kappa shape index (κ2) is 6.86. The van der Waals surface area contributed by atoms with Gasteiger partial charge in [0.1, 0.15) is 5.56 Å². The molecule has 1 unspecified atom stereocenters. The summed E-state index contributed by atoms with van der Waals surface area (Å²) in [6.07, 6.45) is 0.455. The minimum Gasteiger partial charge on any atom is -0.477 e. The lowest BCUT2D eigenvalue weighted by Crippen LogP contribution is -2.24. The van der Waals surface area contributed by atoms with Crippen molar-refractivity contribution >= 4 is 40.7 Å². The van der Waals surface area contributed by atoms with Crippen LogP contribution in [0.2, 0.25) is 5.02 Å². The molecule has 1 N–H and O–H groups in total. The second-order valence-corrected chi connectivity index (χ2v) is 9.13. The molecule has 4 nitrogen and oxygen atoms in total. The first kappa shape index (κ1) is 18.3. The zero-order valence-corrected chi connectivity index (χ0v) is 17.0. The Morgan fingerprint density at radius 2 is 2.04 bits per heavy atom. The lowest BCUT2D eigenvalue weighted by molar-refractivity contribution is 0.0693. The van der Waals surface area contributed by atoms with Crippen LogP contribution in [0.3, 0.4) is 0 Å². The molecule has 0 amide bonds. The van der Waals surface area contributed by atoms with Gasteiger partial charge in [0.15, 0.2) is 5.43 Å². The van der Waals surface area contributed by atoms with Crippen LogP contribution in [-0.4, -0.2) is 15.6 Å². The largest absolute Gasteiger partial charge is 0.477 e. The molecule has 0 bridgehead atoms. The molecule has 7 heteroatoms. The number of benzene rings is 1. The summed E-state index contributed by atoms with van der Waals surface area (Å²) in [6, 6.07) is 9.05. The molecule has 1 aromatic carbocycles. The number of pyridine rings is 1. The Balaban J connectivity index is 2.06. The lowest BCUT2D eigenvalue weighted by atomic mass is 10.0. The summed E-state index contributed by atoms with van der Waals surface area (Å²) in [6.45, 7) is 3.88. The third-order valence-electron chi connectivity index (χ3n) is 4.72. The van der Waals surface area contributed by atoms with Gasteiger partial charge in [-0.05, 0) is 49.1 Å². The number of aromatic carboxylic acids is 1. The predicted octanol–water partition coefficient (Wildman–Crippen LogP) is 5.26. The molecule has 0 spiro atoms. The van der Waals surface area contributed by atoms with Crippen molar-refractivity contribution < 1.29 is 9.90 Å². The van der Waals surface area contributed by atoms with Crippen LogP contribution in [0.25, 0.3) is 5.69 Å². The van der Waals surface area contributed by atoms with Crippen molar-refractivity contribution in [2.24, 2.45) is 0 Å². The maximum atomic E-state index is 12.5. The standard InChI is InChI=1S/C20H16ClNO3S2/c1-10-5-6-26-19(10)17-9-14-18(20(24)25)15(23)7-11(2)22(14)13-4-3-12(21)8-16(13)27-17/h3-8,17H,9H2,1-2H3,(H,24,25). The number of nitrogens with zero attached hydrogens (tertiary/aromatic N) is 1. The fourth-order valence-electron chi connectivity index (χ4n) is 3.55. The van der Waals surface area contributed by atoms with Crippen LogP contribution in [0.5, 0.6) is 0 Å². The van der Waals surface area contributed by atoms with E-state index in [1.165, 1.54) is 16.5 Å². The number of carbonyl (C=O) groups is 1. The SMILES string of the molecule is Cc1ccsc1C1Cc2c(C(=O)O)c(=O)cc(C)n2-c2ccc(Cl)cc2S1. The highest BCUT2D eigenvalue weighted by atomic mass is 35.5. The van der Waals surface area contributed by atoms with Crippen molar-refractivity contribution in [2.45, 2.75) is 30.4 Å². The Kier molecular flexibility index (Phi) is 4.66. The van der Waals surface area contributed by atoms with Gasteiger partial charge in [-0.1, -0.05) is 11.6 Å². The summed E-state index contributed by atoms with van der Waals surface area (Å²) in [5.41, 5.74) is 2.68. The normalized spacial score (nSPS) is 15.7. The first-order chi connectivity index (χ1) is 12.9. The molecular formula is C20H16ClNO3S2. The summed E-state index contributed by atoms with van der Waals surface area (Å²) in [7, 11) is 0. The number of carboxylic acid groups (broad SMARTS) is 1. The number of carboxylic acids is 1. The Bertz CT molecular complexity index is 1130. The van der Waals surface area contributed by atoms with Crippen molar-refractivity contribution in [2.75, 3.05) is 0 Å². The first-order valence-corrected chi connectivity index (χ1v) is 10.5. The third kappa shape index (κ3) is 3.12. The smallest absolute Gasteiger partial charge is 0.341 e. The summed E-state index contributed by atoms with van der Waals surface area (Å²) in [5, 5.41) is 12.4. The number of thiophene rings is 1. The molecule has 3 heterocycles. The van der Waals surface area contributed by atoms with E-state index in [9.17, 15) is 14.7 Å². The number of rotatable bonds is 2. The quantitative estimate of drug-likeness (QED) is 0.618. The minimum absolute atomic E-state index is 0.00951. The van der Waals surface area contributed by atoms with Crippen LogP contribution in [0, 0.1) is 13.8 Å². The Morgan fingerprint density at radius 1 is 1.26 bits per heavy atom. The van der Waals surface area contributed by atoms with Crippen LogP contribution in [-0.2, 0) is 6.42 Å². The number of aryl methyl sites for hydroxylation is 2. The molecule has 0 saturated heterocycles.